The fourth-order valence-electron chi connectivity index (χ4n) is 5.26. The number of nitrogens with one attached hydrogen (secondary N) is 3. The molecular weight excluding hydrogens is 460 g/mol. The molecule has 4 aliphatic rings. The lowest BCUT2D eigenvalue weighted by Crippen LogP contribution is -2.58. The summed E-state index contributed by atoms with van der Waals surface area (Å²) in [7, 11) is 0. The molecule has 4 rings (SSSR count). The van der Waals surface area contributed by atoms with Crippen LogP contribution in [-0.4, -0.2) is 65.0 Å². The molecule has 1 saturated heterocycles. The number of nitrogens with zero attached hydrogens (tertiary/aromatic N) is 1. The van der Waals surface area contributed by atoms with Crippen LogP contribution in [0.2, 0.25) is 0 Å². The second kappa shape index (κ2) is 10.8. The first-order chi connectivity index (χ1) is 17.1. The molecule has 0 aromatic carbocycles. The maximum absolute atomic E-state index is 13.6. The minimum atomic E-state index is -0.936. The molecule has 3 N–H and O–H groups in total. The zero-order valence-corrected chi connectivity index (χ0v) is 21.9. The lowest BCUT2D eigenvalue weighted by molar-refractivity contribution is -0.141. The number of carbonyl (C=O) groups is 4. The Bertz CT molecular complexity index is 893. The molecule has 36 heavy (non-hydrogen) atoms. The van der Waals surface area contributed by atoms with Gasteiger partial charge in [-0.05, 0) is 78.1 Å². The lowest BCUT2D eigenvalue weighted by atomic mass is 10.0. The van der Waals surface area contributed by atoms with Gasteiger partial charge in [-0.25, -0.2) is 4.79 Å². The standard InChI is InChI=1S/C27H42N4O5/c1-26(2,3)36-25(35)29-20-11-8-6-4-5-7-10-19-16-27(19,24(34)28-17-18-13-14-18)30-22(32)21-12-9-15-31(21)23(20)33/h7,10,18-21H,4-6,8-9,11-17H2,1-3H3,(H,28,34)(H,29,35)(H,30,32)/b10-7-/t19-,20+,21?,27-/m1/s1. The van der Waals surface area contributed by atoms with Gasteiger partial charge in [0.1, 0.15) is 23.2 Å². The minimum Gasteiger partial charge on any atom is -0.444 e. The molecule has 0 radical (unpaired) electrons. The highest BCUT2D eigenvalue weighted by molar-refractivity contribution is 5.98. The number of hydrogen-bond acceptors (Lipinski definition) is 5. The van der Waals surface area contributed by atoms with Crippen molar-refractivity contribution in [1.29, 1.82) is 0 Å². The Hall–Kier alpha value is -2.58. The van der Waals surface area contributed by atoms with Gasteiger partial charge in [-0.2, -0.15) is 0 Å². The van der Waals surface area contributed by atoms with Crippen LogP contribution in [-0.2, 0) is 19.1 Å². The quantitative estimate of drug-likeness (QED) is 0.511. The van der Waals surface area contributed by atoms with Crippen LogP contribution in [0, 0.1) is 11.8 Å². The van der Waals surface area contributed by atoms with Crippen molar-refractivity contribution in [3.05, 3.63) is 12.2 Å². The van der Waals surface area contributed by atoms with Crippen molar-refractivity contribution in [2.75, 3.05) is 13.1 Å². The first-order valence-electron chi connectivity index (χ1n) is 13.7. The van der Waals surface area contributed by atoms with E-state index in [1.807, 2.05) is 0 Å². The second-order valence-corrected chi connectivity index (χ2v) is 11.9. The normalized spacial score (nSPS) is 32.2. The van der Waals surface area contributed by atoms with Gasteiger partial charge in [0, 0.05) is 19.0 Å². The summed E-state index contributed by atoms with van der Waals surface area (Å²) in [5.41, 5.74) is -1.61. The van der Waals surface area contributed by atoms with Gasteiger partial charge in [-0.3, -0.25) is 14.4 Å². The van der Waals surface area contributed by atoms with Crippen LogP contribution in [0.3, 0.4) is 0 Å². The highest BCUT2D eigenvalue weighted by Gasteiger charge is 2.60. The molecule has 2 saturated carbocycles. The fraction of sp³-hybridized carbons (Fsp3) is 0.778. The van der Waals surface area contributed by atoms with E-state index in [2.05, 4.69) is 28.1 Å². The minimum absolute atomic E-state index is 0.0297. The molecule has 0 aromatic rings. The van der Waals surface area contributed by atoms with E-state index >= 15 is 0 Å². The van der Waals surface area contributed by atoms with Crippen molar-refractivity contribution >= 4 is 23.8 Å². The second-order valence-electron chi connectivity index (χ2n) is 11.9. The van der Waals surface area contributed by atoms with Gasteiger partial charge < -0.3 is 25.6 Å². The van der Waals surface area contributed by atoms with E-state index in [9.17, 15) is 19.2 Å². The van der Waals surface area contributed by atoms with Crippen LogP contribution in [0.4, 0.5) is 4.79 Å². The Kier molecular flexibility index (Phi) is 7.95. The van der Waals surface area contributed by atoms with Crippen molar-refractivity contribution < 1.29 is 23.9 Å². The molecule has 0 bridgehead atoms. The lowest BCUT2D eigenvalue weighted by Gasteiger charge is -2.30. The van der Waals surface area contributed by atoms with E-state index < -0.39 is 29.3 Å². The number of alkyl carbamates (subject to hydrolysis) is 1. The van der Waals surface area contributed by atoms with Gasteiger partial charge in [-0.1, -0.05) is 25.0 Å². The van der Waals surface area contributed by atoms with Gasteiger partial charge in [0.15, 0.2) is 0 Å². The first-order valence-corrected chi connectivity index (χ1v) is 13.7. The molecule has 4 amide bonds. The predicted octanol–water partition coefficient (Wildman–Crippen LogP) is 2.79. The molecule has 200 valence electrons. The van der Waals surface area contributed by atoms with Crippen LogP contribution in [0.25, 0.3) is 0 Å². The summed E-state index contributed by atoms with van der Waals surface area (Å²) in [6.07, 6.45) is 11.7. The van der Waals surface area contributed by atoms with Crippen LogP contribution >= 0.6 is 0 Å². The third kappa shape index (κ3) is 6.59. The number of fused-ring (bicyclic) bond motifs is 2. The summed E-state index contributed by atoms with van der Waals surface area (Å²) < 4.78 is 5.40. The van der Waals surface area contributed by atoms with Crippen LogP contribution in [0.15, 0.2) is 12.2 Å². The summed E-state index contributed by atoms with van der Waals surface area (Å²) in [6.45, 7) is 6.44. The Morgan fingerprint density at radius 2 is 1.89 bits per heavy atom. The average Bonchev–Trinajstić information content (AvgIpc) is 3.70. The summed E-state index contributed by atoms with van der Waals surface area (Å²) in [4.78, 5) is 54.3. The van der Waals surface area contributed by atoms with E-state index in [1.54, 1.807) is 25.7 Å². The molecule has 9 heteroatoms. The van der Waals surface area contributed by atoms with E-state index in [-0.39, 0.29) is 23.6 Å². The van der Waals surface area contributed by atoms with Crippen molar-refractivity contribution in [1.82, 2.24) is 20.9 Å². The number of amides is 4. The fourth-order valence-corrected chi connectivity index (χ4v) is 5.26. The Morgan fingerprint density at radius 1 is 1.11 bits per heavy atom. The largest absolute Gasteiger partial charge is 0.444 e. The summed E-state index contributed by atoms with van der Waals surface area (Å²) in [5.74, 6) is -0.149. The summed E-state index contributed by atoms with van der Waals surface area (Å²) >= 11 is 0. The predicted molar refractivity (Wildman–Crippen MR) is 135 cm³/mol. The molecule has 9 nitrogen and oxygen atoms in total. The highest BCUT2D eigenvalue weighted by Crippen LogP contribution is 2.45. The average molecular weight is 503 g/mol. The van der Waals surface area contributed by atoms with Crippen molar-refractivity contribution in [3.8, 4) is 0 Å². The van der Waals surface area contributed by atoms with Gasteiger partial charge in [-0.15, -0.1) is 0 Å². The maximum atomic E-state index is 13.6. The van der Waals surface area contributed by atoms with Crippen LogP contribution in [0.5, 0.6) is 0 Å². The highest BCUT2D eigenvalue weighted by atomic mass is 16.6. The number of carbonyl (C=O) groups excluding carboxylic acids is 4. The first kappa shape index (κ1) is 26.5. The molecular formula is C27H42N4O5. The molecule has 3 fully saturated rings. The molecule has 1 unspecified atom stereocenters. The van der Waals surface area contributed by atoms with Crippen molar-refractivity contribution in [3.63, 3.8) is 0 Å². The number of allylic oxidation sites excluding steroid dienone is 1. The van der Waals surface area contributed by atoms with E-state index in [1.165, 1.54) is 0 Å². The van der Waals surface area contributed by atoms with Crippen molar-refractivity contribution in [2.45, 2.75) is 108 Å². The zero-order chi connectivity index (χ0) is 25.9. The topological polar surface area (TPSA) is 117 Å². The van der Waals surface area contributed by atoms with Gasteiger partial charge in [0.05, 0.1) is 0 Å². The molecule has 4 atom stereocenters. The monoisotopic (exact) mass is 502 g/mol. The van der Waals surface area contributed by atoms with Gasteiger partial charge in [0.2, 0.25) is 17.7 Å². The number of rotatable bonds is 4. The third-order valence-corrected chi connectivity index (χ3v) is 7.57. The number of ether oxygens (including phenoxy) is 1. The van der Waals surface area contributed by atoms with E-state index in [0.717, 1.165) is 38.5 Å². The molecule has 2 heterocycles. The summed E-state index contributed by atoms with van der Waals surface area (Å²) in [5, 5.41) is 8.86. The zero-order valence-electron chi connectivity index (χ0n) is 21.9. The Morgan fingerprint density at radius 3 is 2.61 bits per heavy atom. The molecule has 2 aliphatic heterocycles. The molecule has 0 aromatic heterocycles. The maximum Gasteiger partial charge on any atom is 0.408 e. The SMILES string of the molecule is CC(C)(C)OC(=O)N[C@H]1CCCCC/C=C\[C@@H]2C[C@@]2(C(=O)NCC2CC2)NC(=O)C2CCCN2C1=O. The van der Waals surface area contributed by atoms with Crippen LogP contribution in [0.1, 0.15) is 85.0 Å². The third-order valence-electron chi connectivity index (χ3n) is 7.57. The Labute approximate surface area is 214 Å². The van der Waals surface area contributed by atoms with Gasteiger partial charge >= 0.3 is 6.09 Å². The Balaban J connectivity index is 1.50. The number of hydrogen-bond donors (Lipinski definition) is 3. The smallest absolute Gasteiger partial charge is 0.408 e. The van der Waals surface area contributed by atoms with Crippen LogP contribution < -0.4 is 16.0 Å². The summed E-state index contributed by atoms with van der Waals surface area (Å²) in [6, 6.07) is -1.40. The molecule has 0 spiro atoms. The van der Waals surface area contributed by atoms with Gasteiger partial charge in [0.25, 0.3) is 0 Å². The van der Waals surface area contributed by atoms with E-state index in [4.69, 9.17) is 4.74 Å². The van der Waals surface area contributed by atoms with Crippen molar-refractivity contribution in [2.24, 2.45) is 11.8 Å². The molecule has 2 aliphatic carbocycles. The van der Waals surface area contributed by atoms with E-state index in [0.29, 0.717) is 44.7 Å².